The van der Waals surface area contributed by atoms with E-state index in [2.05, 4.69) is 27.0 Å². The molecule has 3 N–H and O–H groups in total. The summed E-state index contributed by atoms with van der Waals surface area (Å²) < 4.78 is 14.7. The van der Waals surface area contributed by atoms with Crippen molar-refractivity contribution < 1.29 is 67.9 Å². The van der Waals surface area contributed by atoms with E-state index >= 15 is 0 Å². The summed E-state index contributed by atoms with van der Waals surface area (Å²) in [7, 11) is 1.68. The first-order chi connectivity index (χ1) is 40.0. The van der Waals surface area contributed by atoms with Crippen LogP contribution in [-0.2, 0) is 52.6 Å². The lowest BCUT2D eigenvalue weighted by Crippen LogP contribution is -2.16. The van der Waals surface area contributed by atoms with E-state index in [0.717, 1.165) is 81.6 Å². The molecule has 0 aromatic heterocycles. The van der Waals surface area contributed by atoms with Gasteiger partial charge in [0.25, 0.3) is 0 Å². The quantitative estimate of drug-likeness (QED) is 0.0338. The summed E-state index contributed by atoms with van der Waals surface area (Å²) in [6, 6.07) is 0. The van der Waals surface area contributed by atoms with E-state index in [1.54, 1.807) is 97.3 Å². The van der Waals surface area contributed by atoms with Crippen LogP contribution in [0.3, 0.4) is 0 Å². The Morgan fingerprint density at radius 2 is 0.833 bits per heavy atom. The summed E-state index contributed by atoms with van der Waals surface area (Å²) >= 11 is 0. The van der Waals surface area contributed by atoms with Crippen molar-refractivity contribution in [1.82, 2.24) is 0 Å². The fraction of sp³-hybridized carbons (Fsp3) is 0.514. The number of rotatable bonds is 20. The zero-order valence-electron chi connectivity index (χ0n) is 55.5. The molecule has 4 atom stereocenters. The largest absolute Gasteiger partial charge is 0.516 e. The summed E-state index contributed by atoms with van der Waals surface area (Å²) in [5.74, 6) is 0.488. The Bertz CT molecular complexity index is 1880. The van der Waals surface area contributed by atoms with Gasteiger partial charge in [-0.05, 0) is 188 Å². The van der Waals surface area contributed by atoms with Gasteiger partial charge in [-0.1, -0.05) is 134 Å². The average Bonchev–Trinajstić information content (AvgIpc) is 4.47. The van der Waals surface area contributed by atoms with Gasteiger partial charge < -0.3 is 29.5 Å². The van der Waals surface area contributed by atoms with Gasteiger partial charge in [-0.3, -0.25) is 38.4 Å². The van der Waals surface area contributed by atoms with Crippen LogP contribution in [0.2, 0.25) is 0 Å². The fourth-order valence-corrected chi connectivity index (χ4v) is 4.97. The van der Waals surface area contributed by atoms with Crippen molar-refractivity contribution in [3.8, 4) is 0 Å². The Morgan fingerprint density at radius 1 is 0.524 bits per heavy atom. The van der Waals surface area contributed by atoms with Crippen LogP contribution >= 0.6 is 0 Å². The molecule has 1 saturated carbocycles. The van der Waals surface area contributed by atoms with Gasteiger partial charge in [-0.25, -0.2) is 0 Å². The SMILES string of the molecule is C/C=C1\CCC/C(=C\C)C1=O.C=CC(=O)C=CC.C=CC(=O)C=CC.CC1OC1C(=O)C1OC1C.CC=CC(=O)C=CC.CC=CC(=O)CC(=O)C=CC.CC=CCOC.CC=CO.CC=CO.CCCC.CCCC(=O)CCC.CCCO. The van der Waals surface area contributed by atoms with Crippen LogP contribution < -0.4 is 0 Å². The maximum Gasteiger partial charge on any atom is 0.195 e. The molecular weight excluding hydrogens is 1060 g/mol. The van der Waals surface area contributed by atoms with Crippen molar-refractivity contribution in [2.45, 2.75) is 220 Å². The number of ketones is 8. The van der Waals surface area contributed by atoms with Crippen LogP contribution in [0.4, 0.5) is 0 Å². The van der Waals surface area contributed by atoms with Crippen molar-refractivity contribution in [3.05, 3.63) is 158 Å². The highest BCUT2D eigenvalue weighted by Gasteiger charge is 2.52. The molecule has 1 aliphatic carbocycles. The second-order valence-electron chi connectivity index (χ2n) is 17.2. The van der Waals surface area contributed by atoms with E-state index in [1.165, 1.54) is 61.4 Å². The van der Waals surface area contributed by atoms with E-state index in [0.29, 0.717) is 12.4 Å². The van der Waals surface area contributed by atoms with Crippen LogP contribution in [0.15, 0.2) is 158 Å². The minimum atomic E-state index is -0.157. The zero-order valence-corrected chi connectivity index (χ0v) is 55.5. The van der Waals surface area contributed by atoms with E-state index < -0.39 is 0 Å². The number of allylic oxidation sites excluding steroid dienone is 21. The molecule has 4 unspecified atom stereocenters. The van der Waals surface area contributed by atoms with Gasteiger partial charge in [0.15, 0.2) is 40.5 Å². The second kappa shape index (κ2) is 80.6. The number of carbonyl (C=O) groups excluding carboxylic acids is 8. The maximum atomic E-state index is 11.5. The molecule has 0 aromatic rings. The van der Waals surface area contributed by atoms with Gasteiger partial charge in [0.1, 0.15) is 18.0 Å². The van der Waals surface area contributed by atoms with Gasteiger partial charge in [-0.15, -0.1) is 0 Å². The Hall–Kier alpha value is -6.58. The minimum Gasteiger partial charge on any atom is -0.516 e. The summed E-state index contributed by atoms with van der Waals surface area (Å²) in [6.07, 6.45) is 44.4. The Balaban J connectivity index is -0.000000106. The maximum absolute atomic E-state index is 11.5. The topological polar surface area (TPSA) is 232 Å². The van der Waals surface area contributed by atoms with Crippen LogP contribution in [0.1, 0.15) is 195 Å². The van der Waals surface area contributed by atoms with E-state index in [1.807, 2.05) is 93.5 Å². The van der Waals surface area contributed by atoms with E-state index in [9.17, 15) is 38.4 Å². The first-order valence-corrected chi connectivity index (χ1v) is 29.1. The molecule has 2 heterocycles. The Labute approximate surface area is 510 Å². The van der Waals surface area contributed by atoms with Gasteiger partial charge in [0, 0.05) is 26.6 Å². The highest BCUT2D eigenvalue weighted by molar-refractivity contribution is 6.09. The van der Waals surface area contributed by atoms with Crippen LogP contribution in [0.25, 0.3) is 0 Å². The third kappa shape index (κ3) is 84.2. The van der Waals surface area contributed by atoms with Crippen molar-refractivity contribution in [2.24, 2.45) is 0 Å². The second-order valence-corrected chi connectivity index (χ2v) is 17.2. The number of epoxide rings is 2. The highest BCUT2D eigenvalue weighted by Crippen LogP contribution is 2.31. The lowest BCUT2D eigenvalue weighted by atomic mass is 9.89. The van der Waals surface area contributed by atoms with Gasteiger partial charge in [0.05, 0.1) is 37.8 Å². The zero-order chi connectivity index (χ0) is 67.0. The molecule has 3 aliphatic rings. The molecule has 480 valence electrons. The van der Waals surface area contributed by atoms with Crippen molar-refractivity contribution in [1.29, 1.82) is 0 Å². The van der Waals surface area contributed by atoms with Crippen molar-refractivity contribution in [3.63, 3.8) is 0 Å². The monoisotopic (exact) mass is 1180 g/mol. The number of hydrogen-bond donors (Lipinski definition) is 3. The van der Waals surface area contributed by atoms with Gasteiger partial charge >= 0.3 is 0 Å². The average molecular weight is 1180 g/mol. The number of ether oxygens (including phenoxy) is 3. The summed E-state index contributed by atoms with van der Waals surface area (Å²) in [5.41, 5.74) is 1.98. The molecule has 3 fully saturated rings. The molecule has 0 bridgehead atoms. The summed E-state index contributed by atoms with van der Waals surface area (Å²) in [5, 5.41) is 23.3. The molecule has 0 radical (unpaired) electrons. The molecule has 14 nitrogen and oxygen atoms in total. The Kier molecular flexibility index (Phi) is 92.7. The number of methoxy groups -OCH3 is 1. The lowest BCUT2D eigenvalue weighted by molar-refractivity contribution is -0.122. The standard InChI is InChI=1S/C10H14O.C9H12O2.C7H10O3.C7H14O.C7H10O.2C6H8O.C5H10O.C4H10.C3H8O.2C3H6O/c1-3-8-6-5-7-9(4-2)10(8)11;1-3-5-8(10)7-9(11)6-4-2;1-3-6(9-3)5(8)7-4(2)10-7;2*1-3-5-7(8)6-4-2;2*1-3-5-6(7)4-2;1-3-4-5-6-2;1-3-4-2;3*1-2-3-4/h3-4H,5-7H2,1-2H3;3-6H,7H2,1-2H3;3-4,6-7H,1-2H3;3-6H2,1-2H3;3-6H,1-2H3;2*3-5H,2H2,1H3;3-4H,5H2,1-2H3;3-4H2,1-2H3;4H,2-3H2,1H3;2*2-4H,1H3/b8-3+,9-4+;;;;;;;;;;;. The number of carbonyl (C=O) groups is 8. The normalized spacial score (nSPS) is 16.8. The number of aliphatic hydroxyl groups is 3. The van der Waals surface area contributed by atoms with Crippen molar-refractivity contribution in [2.75, 3.05) is 20.3 Å². The number of hydrogen-bond acceptors (Lipinski definition) is 14. The van der Waals surface area contributed by atoms with Crippen LogP contribution in [-0.4, -0.2) is 106 Å². The summed E-state index contributed by atoms with van der Waals surface area (Å²) in [6.45, 7) is 41.8. The first-order valence-electron chi connectivity index (χ1n) is 29.1. The molecule has 2 aliphatic heterocycles. The molecule has 3 rings (SSSR count). The fourth-order valence-electron chi connectivity index (χ4n) is 4.97. The minimum absolute atomic E-state index is 0.0192. The Morgan fingerprint density at radius 3 is 1.01 bits per heavy atom. The highest BCUT2D eigenvalue weighted by atomic mass is 16.6. The summed E-state index contributed by atoms with van der Waals surface area (Å²) in [4.78, 5) is 85.7. The third-order valence-electron chi connectivity index (χ3n) is 9.51. The van der Waals surface area contributed by atoms with Gasteiger partial charge in [0.2, 0.25) is 0 Å². The molecule has 2 saturated heterocycles. The number of unbranched alkanes of at least 4 members (excludes halogenated alkanes) is 1. The molecule has 84 heavy (non-hydrogen) atoms. The first kappa shape index (κ1) is 96.6. The molecule has 0 amide bonds. The lowest BCUT2D eigenvalue weighted by Gasteiger charge is -2.14. The molecular formula is C70H116O14. The van der Waals surface area contributed by atoms with Crippen LogP contribution in [0, 0.1) is 0 Å². The van der Waals surface area contributed by atoms with E-state index in [4.69, 9.17) is 29.5 Å². The molecule has 0 aromatic carbocycles. The van der Waals surface area contributed by atoms with E-state index in [-0.39, 0.29) is 71.3 Å². The van der Waals surface area contributed by atoms with Gasteiger partial charge in [-0.2, -0.15) is 0 Å². The predicted molar refractivity (Wildman–Crippen MR) is 353 cm³/mol. The molecule has 0 spiro atoms. The predicted octanol–water partition coefficient (Wildman–Crippen LogP) is 16.5. The smallest absolute Gasteiger partial charge is 0.195 e. The number of aliphatic hydroxyl groups excluding tert-OH is 3. The van der Waals surface area contributed by atoms with Crippen molar-refractivity contribution >= 4 is 46.3 Å². The number of Topliss-reactive ketones (excluding diaryl/α,β-unsaturated/α-hetero) is 3. The molecule has 14 heteroatoms. The van der Waals surface area contributed by atoms with Crippen LogP contribution in [0.5, 0.6) is 0 Å². The third-order valence-corrected chi connectivity index (χ3v) is 9.51.